The van der Waals surface area contributed by atoms with Crippen molar-refractivity contribution >= 4 is 26.8 Å². The molecule has 3 unspecified atom stereocenters. The van der Waals surface area contributed by atoms with Gasteiger partial charge >= 0.3 is 0 Å². The van der Waals surface area contributed by atoms with Gasteiger partial charge in [0.2, 0.25) is 10.0 Å². The number of amides is 1. The fourth-order valence-electron chi connectivity index (χ4n) is 8.95. The Balaban J connectivity index is 1.23. The van der Waals surface area contributed by atoms with Crippen molar-refractivity contribution < 1.29 is 22.8 Å². The zero-order chi connectivity index (χ0) is 35.5. The SMILES string of the molecule is COc1ccc2c(c1)C1CC1(CON1CCN(C)CC1c1ccccc1)Cn1c-2c(C2CCCCC2)c2ccc(C(=O)NS(=O)(=O)C(C)C)cc21. The van der Waals surface area contributed by atoms with E-state index < -0.39 is 21.2 Å². The van der Waals surface area contributed by atoms with Gasteiger partial charge in [-0.3, -0.25) is 9.63 Å². The molecule has 270 valence electrons. The summed E-state index contributed by atoms with van der Waals surface area (Å²) in [7, 11) is 0.125. The van der Waals surface area contributed by atoms with E-state index in [2.05, 4.69) is 80.9 Å². The van der Waals surface area contributed by atoms with E-state index in [4.69, 9.17) is 9.57 Å². The molecule has 10 heteroatoms. The maximum Gasteiger partial charge on any atom is 0.264 e. The Morgan fingerprint density at radius 1 is 1.00 bits per heavy atom. The molecule has 0 bridgehead atoms. The number of methoxy groups -OCH3 is 1. The van der Waals surface area contributed by atoms with Crippen LogP contribution in [-0.4, -0.2) is 74.5 Å². The summed E-state index contributed by atoms with van der Waals surface area (Å²) in [5.41, 5.74) is 7.55. The first-order valence-corrected chi connectivity index (χ1v) is 20.2. The second kappa shape index (κ2) is 13.4. The largest absolute Gasteiger partial charge is 0.497 e. The van der Waals surface area contributed by atoms with Crippen LogP contribution in [-0.2, 0) is 21.4 Å². The molecule has 2 aliphatic carbocycles. The van der Waals surface area contributed by atoms with E-state index in [-0.39, 0.29) is 11.5 Å². The van der Waals surface area contributed by atoms with Crippen LogP contribution in [0.3, 0.4) is 0 Å². The Morgan fingerprint density at radius 2 is 1.78 bits per heavy atom. The summed E-state index contributed by atoms with van der Waals surface area (Å²) < 4.78 is 36.0. The predicted octanol–water partition coefficient (Wildman–Crippen LogP) is 7.24. The molecule has 1 saturated heterocycles. The monoisotopic (exact) mass is 710 g/mol. The Bertz CT molecular complexity index is 2050. The first kappa shape index (κ1) is 34.4. The highest BCUT2D eigenvalue weighted by Crippen LogP contribution is 2.65. The highest BCUT2D eigenvalue weighted by atomic mass is 32.2. The standard InChI is InChI=1S/C41H50N4O5S/c1-27(2)51(47,48)42-40(46)30-15-17-33-36(21-30)44-25-41(26-50-45-20-19-43(3)24-37(45)28-11-7-5-8-12-28)23-35(41)34-22-31(49-4)16-18-32(34)39(44)38(33)29-13-9-6-10-14-29/h5,7-8,11-12,15-18,21-22,27,29,35,37H,6,9-10,13-14,19-20,23-26H2,1-4H3,(H,42,46). The van der Waals surface area contributed by atoms with Crippen LogP contribution in [0.2, 0.25) is 0 Å². The van der Waals surface area contributed by atoms with Gasteiger partial charge < -0.3 is 14.2 Å². The predicted molar refractivity (Wildman–Crippen MR) is 200 cm³/mol. The topological polar surface area (TPSA) is 93.1 Å². The van der Waals surface area contributed by atoms with Crippen LogP contribution in [0.25, 0.3) is 22.2 Å². The second-order valence-electron chi connectivity index (χ2n) is 15.6. The van der Waals surface area contributed by atoms with E-state index in [0.29, 0.717) is 24.0 Å². The van der Waals surface area contributed by atoms with Gasteiger partial charge in [-0.05, 0) is 99.0 Å². The summed E-state index contributed by atoms with van der Waals surface area (Å²) in [6.45, 7) is 7.13. The number of hydrogen-bond acceptors (Lipinski definition) is 7. The maximum absolute atomic E-state index is 13.5. The molecule has 1 amide bonds. The third-order valence-electron chi connectivity index (χ3n) is 12.0. The number of nitrogens with zero attached hydrogens (tertiary/aromatic N) is 3. The third-order valence-corrected chi connectivity index (χ3v) is 13.7. The number of carbonyl (C=O) groups is 1. The van der Waals surface area contributed by atoms with Gasteiger partial charge in [-0.25, -0.2) is 13.1 Å². The molecule has 4 aliphatic rings. The average molecular weight is 711 g/mol. The molecule has 3 atom stereocenters. The number of rotatable bonds is 9. The molecule has 51 heavy (non-hydrogen) atoms. The van der Waals surface area contributed by atoms with Gasteiger partial charge in [0.15, 0.2) is 0 Å². The lowest BCUT2D eigenvalue weighted by molar-refractivity contribution is -0.219. The summed E-state index contributed by atoms with van der Waals surface area (Å²) in [6.07, 6.45) is 6.91. The van der Waals surface area contributed by atoms with Crippen LogP contribution in [0.5, 0.6) is 5.75 Å². The third kappa shape index (κ3) is 6.28. The van der Waals surface area contributed by atoms with Crippen molar-refractivity contribution in [3.05, 3.63) is 89.0 Å². The number of piperazine rings is 1. The molecule has 0 spiro atoms. The van der Waals surface area contributed by atoms with Crippen molar-refractivity contribution in [3.63, 3.8) is 0 Å². The number of aromatic nitrogens is 1. The van der Waals surface area contributed by atoms with Gasteiger partial charge in [0.25, 0.3) is 5.91 Å². The number of hydroxylamine groups is 2. The van der Waals surface area contributed by atoms with Crippen molar-refractivity contribution in [1.82, 2.24) is 19.3 Å². The van der Waals surface area contributed by atoms with Crippen molar-refractivity contribution in [1.29, 1.82) is 0 Å². The van der Waals surface area contributed by atoms with Gasteiger partial charge in [0, 0.05) is 53.6 Å². The average Bonchev–Trinajstić information content (AvgIpc) is 3.79. The lowest BCUT2D eigenvalue weighted by atomic mass is 9.81. The molecule has 2 aliphatic heterocycles. The van der Waals surface area contributed by atoms with E-state index in [1.807, 2.05) is 6.07 Å². The van der Waals surface area contributed by atoms with E-state index in [9.17, 15) is 13.2 Å². The summed E-state index contributed by atoms with van der Waals surface area (Å²) in [4.78, 5) is 22.8. The number of likely N-dealkylation sites (N-methyl/N-ethyl adjacent to an activating group) is 1. The molecule has 8 rings (SSSR count). The minimum Gasteiger partial charge on any atom is -0.497 e. The highest BCUT2D eigenvalue weighted by Gasteiger charge is 2.58. The second-order valence-corrected chi connectivity index (χ2v) is 17.9. The zero-order valence-electron chi connectivity index (χ0n) is 30.2. The van der Waals surface area contributed by atoms with Crippen molar-refractivity contribution in [2.24, 2.45) is 5.41 Å². The fourth-order valence-corrected chi connectivity index (χ4v) is 9.56. The summed E-state index contributed by atoms with van der Waals surface area (Å²) in [6, 6.07) is 23.1. The molecule has 2 saturated carbocycles. The lowest BCUT2D eigenvalue weighted by Crippen LogP contribution is -2.47. The Kier molecular flexibility index (Phi) is 9.02. The van der Waals surface area contributed by atoms with Crippen molar-refractivity contribution in [2.45, 2.75) is 82.0 Å². The number of benzene rings is 3. The normalized spacial score (nSPS) is 24.1. The number of sulfonamides is 1. The molecular formula is C41H50N4O5S. The fraction of sp³-hybridized carbons (Fsp3) is 0.488. The van der Waals surface area contributed by atoms with Crippen LogP contribution >= 0.6 is 0 Å². The first-order valence-electron chi connectivity index (χ1n) is 18.6. The molecule has 1 aromatic heterocycles. The zero-order valence-corrected chi connectivity index (χ0v) is 31.0. The smallest absolute Gasteiger partial charge is 0.264 e. The molecule has 3 aromatic carbocycles. The van der Waals surface area contributed by atoms with E-state index in [1.54, 1.807) is 27.0 Å². The Labute approximate surface area is 301 Å². The number of fused-ring (bicyclic) bond motifs is 7. The molecular weight excluding hydrogens is 661 g/mol. The van der Waals surface area contributed by atoms with Gasteiger partial charge in [-0.15, -0.1) is 0 Å². The summed E-state index contributed by atoms with van der Waals surface area (Å²) >= 11 is 0. The van der Waals surface area contributed by atoms with Crippen LogP contribution in [0.1, 0.15) is 97.3 Å². The Hall–Kier alpha value is -3.70. The summed E-state index contributed by atoms with van der Waals surface area (Å²) in [5.74, 6) is 0.963. The molecule has 4 aromatic rings. The maximum atomic E-state index is 13.5. The number of ether oxygens (including phenoxy) is 1. The number of hydrogen-bond donors (Lipinski definition) is 1. The van der Waals surface area contributed by atoms with Gasteiger partial charge in [0.1, 0.15) is 5.75 Å². The van der Waals surface area contributed by atoms with Gasteiger partial charge in [-0.2, -0.15) is 5.06 Å². The van der Waals surface area contributed by atoms with Crippen LogP contribution in [0, 0.1) is 5.41 Å². The quantitative estimate of drug-likeness (QED) is 0.196. The van der Waals surface area contributed by atoms with E-state index in [1.165, 1.54) is 47.2 Å². The molecule has 3 fully saturated rings. The lowest BCUT2D eigenvalue weighted by Gasteiger charge is -2.40. The first-order chi connectivity index (χ1) is 24.6. The van der Waals surface area contributed by atoms with Crippen LogP contribution in [0.15, 0.2) is 66.7 Å². The van der Waals surface area contributed by atoms with E-state index >= 15 is 0 Å². The Morgan fingerprint density at radius 3 is 2.53 bits per heavy atom. The van der Waals surface area contributed by atoms with Crippen molar-refractivity contribution in [2.75, 3.05) is 40.4 Å². The molecule has 0 radical (unpaired) electrons. The number of nitrogens with one attached hydrogen (secondary N) is 1. The minimum atomic E-state index is -3.78. The van der Waals surface area contributed by atoms with Gasteiger partial charge in [0.05, 0.1) is 30.7 Å². The number of carbonyl (C=O) groups excluding carboxylic acids is 1. The molecule has 9 nitrogen and oxygen atoms in total. The van der Waals surface area contributed by atoms with Crippen LogP contribution < -0.4 is 9.46 Å². The minimum absolute atomic E-state index is 0.140. The highest BCUT2D eigenvalue weighted by molar-refractivity contribution is 7.90. The van der Waals surface area contributed by atoms with E-state index in [0.717, 1.165) is 62.1 Å². The van der Waals surface area contributed by atoms with Crippen molar-refractivity contribution in [3.8, 4) is 17.0 Å². The van der Waals surface area contributed by atoms with Gasteiger partial charge in [-0.1, -0.05) is 55.7 Å². The van der Waals surface area contributed by atoms with Crippen LogP contribution in [0.4, 0.5) is 0 Å². The molecule has 3 heterocycles. The summed E-state index contributed by atoms with van der Waals surface area (Å²) in [5, 5.41) is 2.64. The molecule has 1 N–H and O–H groups in total.